The standard InChI is InChI=1S/C16H23NO3S/c1-12-10-13(4-5-15(12)17)21(18,19)14-6-9-20-16(11-14)7-2-3-8-16/h4-5,10,14H,2-3,6-9,11,17H2,1H3. The monoisotopic (exact) mass is 309 g/mol. The van der Waals surface area contributed by atoms with E-state index in [1.54, 1.807) is 18.2 Å². The van der Waals surface area contributed by atoms with E-state index in [-0.39, 0.29) is 10.9 Å². The largest absolute Gasteiger partial charge is 0.399 e. The average molecular weight is 309 g/mol. The van der Waals surface area contributed by atoms with Crippen molar-refractivity contribution in [2.45, 2.75) is 61.2 Å². The molecule has 5 heteroatoms. The molecule has 1 aliphatic heterocycles. The third-order valence-electron chi connectivity index (χ3n) is 4.97. The second-order valence-electron chi connectivity index (χ2n) is 6.42. The Morgan fingerprint density at radius 1 is 1.29 bits per heavy atom. The normalized spacial score (nSPS) is 25.3. The molecule has 0 radical (unpaired) electrons. The summed E-state index contributed by atoms with van der Waals surface area (Å²) in [5.41, 5.74) is 7.06. The molecule has 0 amide bonds. The first kappa shape index (κ1) is 14.9. The van der Waals surface area contributed by atoms with Gasteiger partial charge in [-0.15, -0.1) is 0 Å². The second kappa shape index (κ2) is 5.29. The molecule has 1 atom stereocenters. The fourth-order valence-corrected chi connectivity index (χ4v) is 5.55. The average Bonchev–Trinajstić information content (AvgIpc) is 2.89. The number of benzene rings is 1. The second-order valence-corrected chi connectivity index (χ2v) is 8.64. The van der Waals surface area contributed by atoms with E-state index in [1.165, 1.54) is 0 Å². The molecule has 0 aromatic heterocycles. The first-order valence-electron chi connectivity index (χ1n) is 7.67. The molecule has 1 saturated heterocycles. The van der Waals surface area contributed by atoms with Gasteiger partial charge in [0.1, 0.15) is 0 Å². The highest BCUT2D eigenvalue weighted by Crippen LogP contribution is 2.42. The van der Waals surface area contributed by atoms with Gasteiger partial charge in [0.05, 0.1) is 15.7 Å². The number of nitrogen functional groups attached to an aromatic ring is 1. The number of hydrogen-bond acceptors (Lipinski definition) is 4. The van der Waals surface area contributed by atoms with Gasteiger partial charge in [-0.1, -0.05) is 12.8 Å². The van der Waals surface area contributed by atoms with E-state index in [1.807, 2.05) is 6.92 Å². The van der Waals surface area contributed by atoms with Crippen molar-refractivity contribution >= 4 is 15.5 Å². The molecule has 1 unspecified atom stereocenters. The molecule has 1 aromatic carbocycles. The lowest BCUT2D eigenvalue weighted by molar-refractivity contribution is -0.0713. The highest BCUT2D eigenvalue weighted by Gasteiger charge is 2.44. The zero-order valence-corrected chi connectivity index (χ0v) is 13.3. The van der Waals surface area contributed by atoms with Crippen LogP contribution in [0.15, 0.2) is 23.1 Å². The zero-order valence-electron chi connectivity index (χ0n) is 12.5. The molecule has 4 nitrogen and oxygen atoms in total. The molecule has 2 aliphatic rings. The number of nitrogens with two attached hydrogens (primary N) is 1. The molecule has 2 fully saturated rings. The third-order valence-corrected chi connectivity index (χ3v) is 7.16. The van der Waals surface area contributed by atoms with Crippen molar-refractivity contribution in [1.29, 1.82) is 0 Å². The molecule has 1 aliphatic carbocycles. The smallest absolute Gasteiger partial charge is 0.181 e. The van der Waals surface area contributed by atoms with Gasteiger partial charge in [-0.05, 0) is 56.4 Å². The van der Waals surface area contributed by atoms with E-state index in [0.29, 0.717) is 30.0 Å². The summed E-state index contributed by atoms with van der Waals surface area (Å²) in [7, 11) is -3.30. The van der Waals surface area contributed by atoms with Crippen molar-refractivity contribution in [3.05, 3.63) is 23.8 Å². The Kier molecular flexibility index (Phi) is 3.74. The minimum atomic E-state index is -3.30. The van der Waals surface area contributed by atoms with Crippen molar-refractivity contribution in [1.82, 2.24) is 0 Å². The molecular formula is C16H23NO3S. The molecule has 1 spiro atoms. The van der Waals surface area contributed by atoms with Crippen molar-refractivity contribution < 1.29 is 13.2 Å². The fourth-order valence-electron chi connectivity index (χ4n) is 3.63. The summed E-state index contributed by atoms with van der Waals surface area (Å²) in [5, 5.41) is -0.327. The molecule has 1 saturated carbocycles. The SMILES string of the molecule is Cc1cc(S(=O)(=O)C2CCOC3(CCCC3)C2)ccc1N. The van der Waals surface area contributed by atoms with E-state index in [4.69, 9.17) is 10.5 Å². The third kappa shape index (κ3) is 2.69. The van der Waals surface area contributed by atoms with Crippen LogP contribution in [0.4, 0.5) is 5.69 Å². The number of hydrogen-bond donors (Lipinski definition) is 1. The first-order valence-corrected chi connectivity index (χ1v) is 9.22. The van der Waals surface area contributed by atoms with Gasteiger partial charge < -0.3 is 10.5 Å². The predicted molar refractivity (Wildman–Crippen MR) is 83.0 cm³/mol. The van der Waals surface area contributed by atoms with Gasteiger partial charge in [-0.25, -0.2) is 8.42 Å². The van der Waals surface area contributed by atoms with Crippen molar-refractivity contribution in [2.24, 2.45) is 0 Å². The van der Waals surface area contributed by atoms with E-state index >= 15 is 0 Å². The van der Waals surface area contributed by atoms with Gasteiger partial charge in [0.2, 0.25) is 0 Å². The van der Waals surface area contributed by atoms with Gasteiger partial charge in [0, 0.05) is 12.3 Å². The lowest BCUT2D eigenvalue weighted by atomic mass is 9.92. The van der Waals surface area contributed by atoms with Gasteiger partial charge in [-0.3, -0.25) is 0 Å². The first-order chi connectivity index (χ1) is 9.93. The fraction of sp³-hybridized carbons (Fsp3) is 0.625. The Morgan fingerprint density at radius 2 is 2.00 bits per heavy atom. The molecular weight excluding hydrogens is 286 g/mol. The van der Waals surface area contributed by atoms with Gasteiger partial charge >= 0.3 is 0 Å². The van der Waals surface area contributed by atoms with Crippen LogP contribution in [0.3, 0.4) is 0 Å². The number of sulfone groups is 1. The van der Waals surface area contributed by atoms with Crippen molar-refractivity contribution in [2.75, 3.05) is 12.3 Å². The molecule has 0 bridgehead atoms. The van der Waals surface area contributed by atoms with E-state index in [2.05, 4.69) is 0 Å². The maximum atomic E-state index is 12.9. The highest BCUT2D eigenvalue weighted by molar-refractivity contribution is 7.92. The summed E-state index contributed by atoms with van der Waals surface area (Å²) in [5.74, 6) is 0. The van der Waals surface area contributed by atoms with Crippen LogP contribution in [0.2, 0.25) is 0 Å². The topological polar surface area (TPSA) is 69.4 Å². The summed E-state index contributed by atoms with van der Waals surface area (Å²) < 4.78 is 31.7. The van der Waals surface area contributed by atoms with Crippen LogP contribution in [0.1, 0.15) is 44.1 Å². The summed E-state index contributed by atoms with van der Waals surface area (Å²) in [6.07, 6.45) is 5.52. The summed E-state index contributed by atoms with van der Waals surface area (Å²) in [6.45, 7) is 2.40. The lowest BCUT2D eigenvalue weighted by Gasteiger charge is -2.38. The molecule has 1 aromatic rings. The van der Waals surface area contributed by atoms with Crippen LogP contribution >= 0.6 is 0 Å². The van der Waals surface area contributed by atoms with Crippen LogP contribution < -0.4 is 5.73 Å². The molecule has 21 heavy (non-hydrogen) atoms. The Morgan fingerprint density at radius 3 is 2.67 bits per heavy atom. The molecule has 1 heterocycles. The predicted octanol–water partition coefficient (Wildman–Crippen LogP) is 2.84. The maximum Gasteiger partial charge on any atom is 0.181 e. The van der Waals surface area contributed by atoms with Crippen LogP contribution in [-0.2, 0) is 14.6 Å². The number of rotatable bonds is 2. The van der Waals surface area contributed by atoms with Crippen molar-refractivity contribution in [3.63, 3.8) is 0 Å². The highest BCUT2D eigenvalue weighted by atomic mass is 32.2. The van der Waals surface area contributed by atoms with E-state index in [0.717, 1.165) is 31.2 Å². The minimum absolute atomic E-state index is 0.182. The van der Waals surface area contributed by atoms with E-state index in [9.17, 15) is 8.42 Å². The Bertz CT molecular complexity index is 633. The minimum Gasteiger partial charge on any atom is -0.399 e. The van der Waals surface area contributed by atoms with E-state index < -0.39 is 9.84 Å². The zero-order chi connectivity index (χ0) is 15.1. The number of ether oxygens (including phenoxy) is 1. The molecule has 3 rings (SSSR count). The van der Waals surface area contributed by atoms with Crippen LogP contribution in [0, 0.1) is 6.92 Å². The summed E-state index contributed by atoms with van der Waals surface area (Å²) in [6, 6.07) is 5.02. The number of anilines is 1. The van der Waals surface area contributed by atoms with Crippen LogP contribution in [0.25, 0.3) is 0 Å². The number of aryl methyl sites for hydroxylation is 1. The quantitative estimate of drug-likeness (QED) is 0.853. The Balaban J connectivity index is 1.88. The Labute approximate surface area is 126 Å². The van der Waals surface area contributed by atoms with Crippen LogP contribution in [-0.4, -0.2) is 25.9 Å². The van der Waals surface area contributed by atoms with Crippen molar-refractivity contribution in [3.8, 4) is 0 Å². The van der Waals surface area contributed by atoms with Crippen LogP contribution in [0.5, 0.6) is 0 Å². The van der Waals surface area contributed by atoms with Gasteiger partial charge in [0.25, 0.3) is 0 Å². The molecule has 116 valence electrons. The summed E-state index contributed by atoms with van der Waals surface area (Å²) in [4.78, 5) is 0.397. The summed E-state index contributed by atoms with van der Waals surface area (Å²) >= 11 is 0. The molecule has 2 N–H and O–H groups in total. The maximum absolute atomic E-state index is 12.9. The lowest BCUT2D eigenvalue weighted by Crippen LogP contribution is -2.42. The Hall–Kier alpha value is -1.07. The van der Waals surface area contributed by atoms with Gasteiger partial charge in [-0.2, -0.15) is 0 Å². The van der Waals surface area contributed by atoms with Gasteiger partial charge in [0.15, 0.2) is 9.84 Å².